The number of hydrogen-bond acceptors (Lipinski definition) is 1. The molecule has 13 heavy (non-hydrogen) atoms. The van der Waals surface area contributed by atoms with Crippen molar-refractivity contribution in [2.24, 2.45) is 11.3 Å². The summed E-state index contributed by atoms with van der Waals surface area (Å²) in [4.78, 5) is 2.62. The van der Waals surface area contributed by atoms with E-state index in [1.807, 2.05) is 0 Å². The molecule has 76 valence electrons. The third kappa shape index (κ3) is 1.94. The monoisotopic (exact) mass is 245 g/mol. The van der Waals surface area contributed by atoms with Gasteiger partial charge in [-0.05, 0) is 50.1 Å². The van der Waals surface area contributed by atoms with Crippen molar-refractivity contribution in [3.8, 4) is 0 Å². The van der Waals surface area contributed by atoms with E-state index in [0.29, 0.717) is 0 Å². The average Bonchev–Trinajstić information content (AvgIpc) is 2.74. The fourth-order valence-electron chi connectivity index (χ4n) is 3.13. The van der Waals surface area contributed by atoms with Crippen LogP contribution in [0.1, 0.15) is 32.6 Å². The Labute approximate surface area is 90.0 Å². The van der Waals surface area contributed by atoms with Crippen LogP contribution in [0.2, 0.25) is 0 Å². The van der Waals surface area contributed by atoms with Crippen LogP contribution in [-0.2, 0) is 0 Å². The lowest BCUT2D eigenvalue weighted by atomic mass is 9.85. The highest BCUT2D eigenvalue weighted by atomic mass is 79.9. The number of halogens is 1. The highest BCUT2D eigenvalue weighted by molar-refractivity contribution is 9.09. The molecule has 0 aromatic heterocycles. The van der Waals surface area contributed by atoms with Gasteiger partial charge < -0.3 is 4.90 Å². The van der Waals surface area contributed by atoms with Crippen LogP contribution in [0.3, 0.4) is 0 Å². The molecule has 0 aromatic carbocycles. The smallest absolute Gasteiger partial charge is 0.00598 e. The minimum atomic E-state index is 0.731. The highest BCUT2D eigenvalue weighted by Crippen LogP contribution is 2.48. The molecule has 2 atom stereocenters. The summed E-state index contributed by atoms with van der Waals surface area (Å²) < 4.78 is 0. The van der Waals surface area contributed by atoms with Gasteiger partial charge in [0, 0.05) is 11.9 Å². The van der Waals surface area contributed by atoms with Crippen LogP contribution in [0.25, 0.3) is 0 Å². The summed E-state index contributed by atoms with van der Waals surface area (Å²) in [6.07, 6.45) is 5.89. The summed E-state index contributed by atoms with van der Waals surface area (Å²) in [5.74, 6) is 0.969. The van der Waals surface area contributed by atoms with Gasteiger partial charge in [-0.15, -0.1) is 0 Å². The van der Waals surface area contributed by atoms with Gasteiger partial charge in [-0.3, -0.25) is 0 Å². The van der Waals surface area contributed by atoms with Crippen molar-refractivity contribution < 1.29 is 0 Å². The molecule has 1 saturated carbocycles. The number of alkyl halides is 1. The van der Waals surface area contributed by atoms with Crippen molar-refractivity contribution in [1.29, 1.82) is 0 Å². The van der Waals surface area contributed by atoms with Crippen LogP contribution in [0.5, 0.6) is 0 Å². The second kappa shape index (κ2) is 3.90. The van der Waals surface area contributed by atoms with Gasteiger partial charge in [-0.2, -0.15) is 0 Å². The Balaban J connectivity index is 1.93. The van der Waals surface area contributed by atoms with Crippen LogP contribution >= 0.6 is 15.9 Å². The van der Waals surface area contributed by atoms with Crippen molar-refractivity contribution in [2.75, 3.05) is 25.0 Å². The lowest BCUT2D eigenvalue weighted by Gasteiger charge is -2.23. The summed E-state index contributed by atoms with van der Waals surface area (Å²) in [6.45, 7) is 6.27. The third-order valence-electron chi connectivity index (χ3n) is 3.99. The lowest BCUT2D eigenvalue weighted by molar-refractivity contribution is 0.263. The zero-order valence-electron chi connectivity index (χ0n) is 8.56. The van der Waals surface area contributed by atoms with E-state index in [0.717, 1.165) is 11.3 Å². The number of nitrogens with zero attached hydrogens (tertiary/aromatic N) is 1. The van der Waals surface area contributed by atoms with E-state index in [-0.39, 0.29) is 0 Å². The summed E-state index contributed by atoms with van der Waals surface area (Å²) in [5, 5.41) is 1.22. The Hall–Kier alpha value is 0.440. The molecule has 1 heterocycles. The maximum atomic E-state index is 3.63. The molecule has 0 bridgehead atoms. The molecule has 1 saturated heterocycles. The quantitative estimate of drug-likeness (QED) is 0.677. The number of rotatable bonds is 2. The van der Waals surface area contributed by atoms with Gasteiger partial charge >= 0.3 is 0 Å². The number of hydrogen-bond donors (Lipinski definition) is 0. The van der Waals surface area contributed by atoms with Crippen LogP contribution < -0.4 is 0 Å². The molecule has 0 N–H and O–H groups in total. The Kier molecular flexibility index (Phi) is 2.99. The Bertz CT molecular complexity index is 161. The number of likely N-dealkylation sites (tertiary alicyclic amines) is 1. The Morgan fingerprint density at radius 1 is 1.46 bits per heavy atom. The molecule has 2 aliphatic rings. The third-order valence-corrected chi connectivity index (χ3v) is 4.90. The van der Waals surface area contributed by atoms with Crippen LogP contribution in [0, 0.1) is 11.3 Å². The normalized spacial score (nSPS) is 40.6. The predicted octanol–water partition coefficient (Wildman–Crippen LogP) is 2.89. The maximum absolute atomic E-state index is 3.63. The van der Waals surface area contributed by atoms with E-state index in [9.17, 15) is 0 Å². The predicted molar refractivity (Wildman–Crippen MR) is 60.3 cm³/mol. The van der Waals surface area contributed by atoms with Crippen molar-refractivity contribution in [3.05, 3.63) is 0 Å². The van der Waals surface area contributed by atoms with Gasteiger partial charge in [0.15, 0.2) is 0 Å². The molecule has 1 aliphatic carbocycles. The zero-order chi connectivity index (χ0) is 9.31. The van der Waals surface area contributed by atoms with Crippen molar-refractivity contribution in [2.45, 2.75) is 32.6 Å². The minimum absolute atomic E-state index is 0.731. The molecule has 1 aliphatic heterocycles. The minimum Gasteiger partial charge on any atom is -0.303 e. The SMILES string of the molecule is CCN1CC[C@]2(CC[C@H](CBr)C2)C1. The molecule has 2 fully saturated rings. The molecule has 1 spiro atoms. The van der Waals surface area contributed by atoms with Gasteiger partial charge in [-0.1, -0.05) is 22.9 Å². The lowest BCUT2D eigenvalue weighted by Crippen LogP contribution is -2.25. The topological polar surface area (TPSA) is 3.24 Å². The molecule has 0 aromatic rings. The largest absolute Gasteiger partial charge is 0.303 e. The maximum Gasteiger partial charge on any atom is 0.00598 e. The molecule has 2 heteroatoms. The first-order valence-electron chi connectivity index (χ1n) is 5.56. The van der Waals surface area contributed by atoms with E-state index in [2.05, 4.69) is 27.8 Å². The first kappa shape index (κ1) is 9.97. The average molecular weight is 246 g/mol. The molecular weight excluding hydrogens is 226 g/mol. The van der Waals surface area contributed by atoms with Gasteiger partial charge in [0.2, 0.25) is 0 Å². The van der Waals surface area contributed by atoms with Crippen LogP contribution in [0.15, 0.2) is 0 Å². The molecule has 0 amide bonds. The summed E-state index contributed by atoms with van der Waals surface area (Å²) >= 11 is 3.63. The molecular formula is C11H20BrN. The molecule has 0 unspecified atom stereocenters. The van der Waals surface area contributed by atoms with E-state index < -0.39 is 0 Å². The van der Waals surface area contributed by atoms with Crippen molar-refractivity contribution in [3.63, 3.8) is 0 Å². The van der Waals surface area contributed by atoms with E-state index >= 15 is 0 Å². The van der Waals surface area contributed by atoms with E-state index in [1.165, 1.54) is 50.6 Å². The molecule has 2 rings (SSSR count). The second-order valence-electron chi connectivity index (χ2n) is 4.88. The fourth-order valence-corrected chi connectivity index (χ4v) is 3.68. The second-order valence-corrected chi connectivity index (χ2v) is 5.53. The van der Waals surface area contributed by atoms with Crippen molar-refractivity contribution in [1.82, 2.24) is 4.90 Å². The van der Waals surface area contributed by atoms with Crippen LogP contribution in [0.4, 0.5) is 0 Å². The molecule has 1 nitrogen and oxygen atoms in total. The van der Waals surface area contributed by atoms with Gasteiger partial charge in [-0.25, -0.2) is 0 Å². The van der Waals surface area contributed by atoms with Gasteiger partial charge in [0.1, 0.15) is 0 Å². The van der Waals surface area contributed by atoms with Gasteiger partial charge in [0.25, 0.3) is 0 Å². The Morgan fingerprint density at radius 3 is 2.85 bits per heavy atom. The zero-order valence-corrected chi connectivity index (χ0v) is 10.1. The highest BCUT2D eigenvalue weighted by Gasteiger charge is 2.42. The summed E-state index contributed by atoms with van der Waals surface area (Å²) in [6, 6.07) is 0. The summed E-state index contributed by atoms with van der Waals surface area (Å²) in [7, 11) is 0. The van der Waals surface area contributed by atoms with E-state index in [4.69, 9.17) is 0 Å². The Morgan fingerprint density at radius 2 is 2.31 bits per heavy atom. The fraction of sp³-hybridized carbons (Fsp3) is 1.00. The van der Waals surface area contributed by atoms with Crippen LogP contribution in [-0.4, -0.2) is 29.9 Å². The van der Waals surface area contributed by atoms with E-state index in [1.54, 1.807) is 0 Å². The first-order valence-corrected chi connectivity index (χ1v) is 6.68. The van der Waals surface area contributed by atoms with Gasteiger partial charge in [0.05, 0.1) is 0 Å². The van der Waals surface area contributed by atoms with Crippen molar-refractivity contribution >= 4 is 15.9 Å². The standard InChI is InChI=1S/C11H20BrN/c1-2-13-6-5-11(9-13)4-3-10(7-11)8-12/h10H,2-9H2,1H3/t10-,11-/m0/s1. The molecule has 0 radical (unpaired) electrons. The summed E-state index contributed by atoms with van der Waals surface area (Å²) in [5.41, 5.74) is 0.731. The first-order chi connectivity index (χ1) is 6.28.